The maximum Gasteiger partial charge on any atom is 0.123 e. The zero-order valence-corrected chi connectivity index (χ0v) is 10.9. The number of ether oxygens (including phenoxy) is 1. The van der Waals surface area contributed by atoms with Crippen LogP contribution in [-0.4, -0.2) is 19.1 Å². The lowest BCUT2D eigenvalue weighted by atomic mass is 9.76. The van der Waals surface area contributed by atoms with Crippen LogP contribution in [-0.2, 0) is 11.2 Å². The van der Waals surface area contributed by atoms with Crippen molar-refractivity contribution in [3.8, 4) is 0 Å². The Morgan fingerprint density at radius 3 is 2.71 bits per heavy atom. The minimum absolute atomic E-state index is 0.0817. The van der Waals surface area contributed by atoms with Gasteiger partial charge in [-0.3, -0.25) is 0 Å². The van der Waals surface area contributed by atoms with E-state index in [0.29, 0.717) is 5.88 Å². The molecule has 0 spiro atoms. The number of aryl methyl sites for hydroxylation is 1. The minimum Gasteiger partial charge on any atom is -0.381 e. The molecule has 3 heteroatoms. The van der Waals surface area contributed by atoms with E-state index in [-0.39, 0.29) is 11.2 Å². The second-order valence-corrected chi connectivity index (χ2v) is 5.26. The molecule has 0 amide bonds. The zero-order chi connectivity index (χ0) is 12.3. The van der Waals surface area contributed by atoms with E-state index in [1.165, 1.54) is 6.07 Å². The summed E-state index contributed by atoms with van der Waals surface area (Å²) in [5, 5.41) is 0. The molecule has 0 saturated carbocycles. The average Bonchev–Trinajstić information content (AvgIpc) is 2.35. The topological polar surface area (TPSA) is 9.23 Å². The molecule has 0 aliphatic carbocycles. The Bertz CT molecular complexity index is 386. The molecule has 0 radical (unpaired) electrons. The Morgan fingerprint density at radius 2 is 2.06 bits per heavy atom. The van der Waals surface area contributed by atoms with Gasteiger partial charge >= 0.3 is 0 Å². The Balaban J connectivity index is 2.20. The Morgan fingerprint density at radius 1 is 1.35 bits per heavy atom. The van der Waals surface area contributed by atoms with Crippen LogP contribution < -0.4 is 0 Å². The molecule has 2 rings (SSSR count). The minimum atomic E-state index is -0.164. The molecule has 17 heavy (non-hydrogen) atoms. The third-order valence-electron chi connectivity index (χ3n) is 3.71. The molecule has 0 unspecified atom stereocenters. The highest BCUT2D eigenvalue weighted by Gasteiger charge is 2.32. The lowest BCUT2D eigenvalue weighted by Gasteiger charge is -2.36. The highest BCUT2D eigenvalue weighted by molar-refractivity contribution is 6.18. The first-order chi connectivity index (χ1) is 8.15. The summed E-state index contributed by atoms with van der Waals surface area (Å²) < 4.78 is 18.7. The fourth-order valence-electron chi connectivity index (χ4n) is 2.40. The fraction of sp³-hybridized carbons (Fsp3) is 0.571. The smallest absolute Gasteiger partial charge is 0.123 e. The highest BCUT2D eigenvalue weighted by Crippen LogP contribution is 2.36. The van der Waals surface area contributed by atoms with Crippen LogP contribution in [0.4, 0.5) is 4.39 Å². The largest absolute Gasteiger partial charge is 0.381 e. The van der Waals surface area contributed by atoms with E-state index in [2.05, 4.69) is 0 Å². The van der Waals surface area contributed by atoms with Gasteiger partial charge in [0, 0.05) is 19.1 Å². The van der Waals surface area contributed by atoms with Gasteiger partial charge in [-0.1, -0.05) is 6.07 Å². The van der Waals surface area contributed by atoms with Gasteiger partial charge < -0.3 is 4.74 Å². The summed E-state index contributed by atoms with van der Waals surface area (Å²) in [6.45, 7) is 3.55. The van der Waals surface area contributed by atoms with Crippen LogP contribution in [0.25, 0.3) is 0 Å². The van der Waals surface area contributed by atoms with Crippen molar-refractivity contribution in [3.63, 3.8) is 0 Å². The van der Waals surface area contributed by atoms with Gasteiger partial charge in [0.25, 0.3) is 0 Å². The first-order valence-corrected chi connectivity index (χ1v) is 6.57. The van der Waals surface area contributed by atoms with E-state index >= 15 is 0 Å². The van der Waals surface area contributed by atoms with E-state index < -0.39 is 0 Å². The third-order valence-corrected chi connectivity index (χ3v) is 4.28. The lowest BCUT2D eigenvalue weighted by Crippen LogP contribution is -2.33. The van der Waals surface area contributed by atoms with Crippen LogP contribution in [0.5, 0.6) is 0 Å². The van der Waals surface area contributed by atoms with Gasteiger partial charge in [0.05, 0.1) is 0 Å². The van der Waals surface area contributed by atoms with Gasteiger partial charge in [-0.05, 0) is 54.9 Å². The number of rotatable bonds is 3. The zero-order valence-electron chi connectivity index (χ0n) is 10.1. The molecule has 1 nitrogen and oxygen atoms in total. The number of alkyl halides is 1. The molecule has 1 heterocycles. The second-order valence-electron chi connectivity index (χ2n) is 4.99. The van der Waals surface area contributed by atoms with Crippen LogP contribution in [0.15, 0.2) is 18.2 Å². The second kappa shape index (κ2) is 5.36. The number of hydrogen-bond acceptors (Lipinski definition) is 1. The molecule has 1 aliphatic rings. The summed E-state index contributed by atoms with van der Waals surface area (Å²) in [4.78, 5) is 0. The van der Waals surface area contributed by atoms with Crippen molar-refractivity contribution in [3.05, 3.63) is 35.1 Å². The summed E-state index contributed by atoms with van der Waals surface area (Å²) >= 11 is 6.13. The third kappa shape index (κ3) is 2.99. The molecule has 1 aliphatic heterocycles. The average molecular weight is 257 g/mol. The predicted molar refractivity (Wildman–Crippen MR) is 68.0 cm³/mol. The summed E-state index contributed by atoms with van der Waals surface area (Å²) in [7, 11) is 0. The molecule has 0 aromatic heterocycles. The van der Waals surface area contributed by atoms with Gasteiger partial charge in [0.2, 0.25) is 0 Å². The Hall–Kier alpha value is -0.600. The number of benzene rings is 1. The van der Waals surface area contributed by atoms with Gasteiger partial charge in [0.1, 0.15) is 5.82 Å². The van der Waals surface area contributed by atoms with Gasteiger partial charge in [0.15, 0.2) is 0 Å². The monoisotopic (exact) mass is 256 g/mol. The summed E-state index contributed by atoms with van der Waals surface area (Å²) in [6, 6.07) is 4.99. The van der Waals surface area contributed by atoms with E-state index in [1.807, 2.05) is 13.0 Å². The first kappa shape index (κ1) is 12.8. The highest BCUT2D eigenvalue weighted by atomic mass is 35.5. The maximum absolute atomic E-state index is 13.3. The normalized spacial score (nSPS) is 19.2. The van der Waals surface area contributed by atoms with Gasteiger partial charge in [-0.15, -0.1) is 11.6 Å². The molecule has 0 atom stereocenters. The lowest BCUT2D eigenvalue weighted by molar-refractivity contribution is 0.0257. The summed E-state index contributed by atoms with van der Waals surface area (Å²) in [5.74, 6) is 0.453. The van der Waals surface area contributed by atoms with E-state index in [1.54, 1.807) is 6.07 Å². The van der Waals surface area contributed by atoms with Crippen LogP contribution in [0, 0.1) is 18.2 Å². The SMILES string of the molecule is Cc1ccc(F)cc1CC1(CCl)CCOCC1. The molecule has 0 bridgehead atoms. The molecule has 1 saturated heterocycles. The summed E-state index contributed by atoms with van der Waals surface area (Å²) in [5.41, 5.74) is 2.30. The molecule has 0 N–H and O–H groups in total. The maximum atomic E-state index is 13.3. The summed E-state index contributed by atoms with van der Waals surface area (Å²) in [6.07, 6.45) is 2.78. The van der Waals surface area contributed by atoms with Crippen molar-refractivity contribution >= 4 is 11.6 Å². The Labute approximate surface area is 107 Å². The van der Waals surface area contributed by atoms with Crippen LogP contribution in [0.3, 0.4) is 0 Å². The first-order valence-electron chi connectivity index (χ1n) is 6.04. The van der Waals surface area contributed by atoms with E-state index in [0.717, 1.165) is 43.6 Å². The van der Waals surface area contributed by atoms with E-state index in [9.17, 15) is 4.39 Å². The molecule has 1 aromatic rings. The van der Waals surface area contributed by atoms with Crippen molar-refractivity contribution in [2.45, 2.75) is 26.2 Å². The number of hydrogen-bond donors (Lipinski definition) is 0. The molecular formula is C14H18ClFO. The molecular weight excluding hydrogens is 239 g/mol. The van der Waals surface area contributed by atoms with Crippen molar-refractivity contribution in [1.29, 1.82) is 0 Å². The molecule has 94 valence electrons. The van der Waals surface area contributed by atoms with Gasteiger partial charge in [-0.2, -0.15) is 0 Å². The molecule has 1 aromatic carbocycles. The van der Waals surface area contributed by atoms with Crippen molar-refractivity contribution in [2.24, 2.45) is 5.41 Å². The number of halogens is 2. The van der Waals surface area contributed by atoms with Crippen molar-refractivity contribution < 1.29 is 9.13 Å². The van der Waals surface area contributed by atoms with Crippen molar-refractivity contribution in [2.75, 3.05) is 19.1 Å². The standard InChI is InChI=1S/C14H18ClFO/c1-11-2-3-13(16)8-12(11)9-14(10-15)4-6-17-7-5-14/h2-3,8H,4-7,9-10H2,1H3. The van der Waals surface area contributed by atoms with Crippen molar-refractivity contribution in [1.82, 2.24) is 0 Å². The molecule has 1 fully saturated rings. The Kier molecular flexibility index (Phi) is 4.05. The van der Waals surface area contributed by atoms with Gasteiger partial charge in [-0.25, -0.2) is 4.39 Å². The van der Waals surface area contributed by atoms with Crippen LogP contribution in [0.2, 0.25) is 0 Å². The van der Waals surface area contributed by atoms with Crippen LogP contribution >= 0.6 is 11.6 Å². The fourth-order valence-corrected chi connectivity index (χ4v) is 2.76. The van der Waals surface area contributed by atoms with E-state index in [4.69, 9.17) is 16.3 Å². The predicted octanol–water partition coefficient (Wildman–Crippen LogP) is 3.71. The van der Waals surface area contributed by atoms with Crippen LogP contribution in [0.1, 0.15) is 24.0 Å². The quantitative estimate of drug-likeness (QED) is 0.749.